The van der Waals surface area contributed by atoms with Gasteiger partial charge in [-0.2, -0.15) is 0 Å². The van der Waals surface area contributed by atoms with E-state index in [0.717, 1.165) is 75.3 Å². The second-order valence-corrected chi connectivity index (χ2v) is 35.0. The number of ether oxygens (including phenoxy) is 7. The minimum atomic E-state index is -1.24. The highest BCUT2D eigenvalue weighted by Crippen LogP contribution is 2.38. The number of nitrogens with two attached hydrogens (primary N) is 2. The average Bonchev–Trinajstić information content (AvgIpc) is 1.62. The topological polar surface area (TPSA) is 367 Å². The van der Waals surface area contributed by atoms with E-state index in [1.54, 1.807) is 45.2 Å². The van der Waals surface area contributed by atoms with Crippen LogP contribution < -0.4 is 47.0 Å². The maximum absolute atomic E-state index is 12.1. The number of nitrogens with zero attached hydrogens (tertiary/aromatic N) is 11. The van der Waals surface area contributed by atoms with Gasteiger partial charge in [0, 0.05) is 106 Å². The van der Waals surface area contributed by atoms with Gasteiger partial charge in [0.2, 0.25) is 0 Å². The van der Waals surface area contributed by atoms with Crippen molar-refractivity contribution in [3.05, 3.63) is 104 Å². The molecule has 4 aromatic rings. The van der Waals surface area contributed by atoms with Gasteiger partial charge >= 0.3 is 23.5 Å². The number of epoxide rings is 1. The summed E-state index contributed by atoms with van der Waals surface area (Å²) in [7, 11) is -1.24. The molecule has 538 valence electrons. The quantitative estimate of drug-likeness (QED) is 0.0255. The molecule has 30 nitrogen and oxygen atoms in total. The summed E-state index contributed by atoms with van der Waals surface area (Å²) >= 11 is 0. The Morgan fingerprint density at radius 3 is 1.15 bits per heavy atom. The molecule has 7 fully saturated rings. The van der Waals surface area contributed by atoms with Gasteiger partial charge in [-0.1, -0.05) is 19.6 Å². The minimum Gasteiger partial charge on any atom is -0.444 e. The number of aromatic nitrogens is 4. The Morgan fingerprint density at radius 1 is 0.567 bits per heavy atom. The minimum absolute atomic E-state index is 0.00106. The lowest BCUT2D eigenvalue weighted by molar-refractivity contribution is -0.389. The predicted octanol–water partition coefficient (Wildman–Crippen LogP) is 8.18. The van der Waals surface area contributed by atoms with Crippen LogP contribution in [0.25, 0.3) is 0 Å². The number of anilines is 5. The maximum atomic E-state index is 12.1. The molecule has 97 heavy (non-hydrogen) atoms. The molecule has 4 aromatic heterocycles. The fraction of sp³-hybridized carbons (Fsp3) is 0.682. The van der Waals surface area contributed by atoms with Crippen LogP contribution in [0.3, 0.4) is 0 Å². The largest absolute Gasteiger partial charge is 0.444 e. The van der Waals surface area contributed by atoms with E-state index in [0.29, 0.717) is 57.4 Å². The second-order valence-electron chi connectivity index (χ2n) is 29.7. The molecule has 7 aliphatic rings. The standard InChI is InChI=1S/C17H26N4O5.C15H22N4O3.C15H24N4O.C12H18N4O3.C7H16O2Si/c1-16(2,3)26-15(22)19-17(4,5)13-11-20(8-9-25-13)12-6-7-14(18-10-12)21(23)24;1-15(2,17-11-3-4-11)13-10-18(7-8-22-13)12-5-6-14(16-9-12)19(20)21;1-15(2,18-11-3-4-11)13-10-19(7-8-20-13)12-5-6-14(16)17-9-12;1-12(2,13)10-8-15(5-6-19-10)9-3-4-11(14-7-9)16(17)18;1-5-8-7(6-9-7)10(2,3)4/h6-7,10,13H,8-9,11H2,1-5H3,(H,19,22);5-6,9,11,13,17H,3-4,7-8,10H2,1-2H3;5-6,9,11,13,18H,3-4,7-8,10H2,1-2H3,(H2,16,17);3-4,7,10H,5-6,8,13H2,1-2H3;5-6H2,1-4H3. The van der Waals surface area contributed by atoms with E-state index in [4.69, 9.17) is 44.6 Å². The van der Waals surface area contributed by atoms with Crippen molar-refractivity contribution in [1.29, 1.82) is 0 Å². The van der Waals surface area contributed by atoms with Crippen molar-refractivity contribution in [3.8, 4) is 0 Å². The van der Waals surface area contributed by atoms with Crippen LogP contribution in [0.2, 0.25) is 19.6 Å². The molecule has 0 radical (unpaired) electrons. The zero-order valence-corrected chi connectivity index (χ0v) is 60.4. The first-order valence-electron chi connectivity index (χ1n) is 33.5. The van der Waals surface area contributed by atoms with E-state index in [-0.39, 0.29) is 58.4 Å². The molecule has 5 saturated heterocycles. The molecular formula is C66H106N16O14Si. The highest BCUT2D eigenvalue weighted by atomic mass is 28.3. The van der Waals surface area contributed by atoms with Crippen LogP contribution in [0.15, 0.2) is 73.3 Å². The lowest BCUT2D eigenvalue weighted by Crippen LogP contribution is -2.60. The molecule has 11 rings (SSSR count). The zero-order chi connectivity index (χ0) is 71.3. The summed E-state index contributed by atoms with van der Waals surface area (Å²) in [5.74, 6) is 0.108. The van der Waals surface area contributed by atoms with Gasteiger partial charge in [0.05, 0.1) is 91.9 Å². The lowest BCUT2D eigenvalue weighted by Gasteiger charge is -2.42. The zero-order valence-electron chi connectivity index (χ0n) is 59.4. The van der Waals surface area contributed by atoms with Gasteiger partial charge in [0.1, 0.15) is 19.5 Å². The first kappa shape index (κ1) is 77.3. The van der Waals surface area contributed by atoms with Gasteiger partial charge in [-0.3, -0.25) is 0 Å². The summed E-state index contributed by atoms with van der Waals surface area (Å²) in [6.45, 7) is 40.6. The van der Waals surface area contributed by atoms with Gasteiger partial charge < -0.3 is 111 Å². The van der Waals surface area contributed by atoms with Gasteiger partial charge in [-0.05, 0) is 169 Å². The van der Waals surface area contributed by atoms with E-state index in [2.05, 4.69) is 97.9 Å². The third kappa shape index (κ3) is 23.5. The first-order chi connectivity index (χ1) is 45.4. The molecule has 0 bridgehead atoms. The number of pyridine rings is 4. The highest BCUT2D eigenvalue weighted by molar-refractivity contribution is 6.79. The number of morpholine rings is 4. The fourth-order valence-electron chi connectivity index (χ4n) is 11.3. The number of carbonyl (C=O) groups excluding carboxylic acids is 1. The van der Waals surface area contributed by atoms with E-state index in [9.17, 15) is 35.1 Å². The summed E-state index contributed by atoms with van der Waals surface area (Å²) in [4.78, 5) is 67.0. The SMILES string of the molecule is CC(C)(C)OC(=O)NC(C)(C)C1CN(c2ccc([N+](=O)[O-])nc2)CCO1.CC(C)(N)C1CN(c2ccc([N+](=O)[O-])nc2)CCO1.CC(C)(NC1CC1)C1CN(c2ccc(N)nc2)CCO1.CC(C)(NC1CC1)C1CN(c2ccc([N+](=O)[O-])nc2)CCO1.CCOC1([Si](C)(C)C)CO1. The van der Waals surface area contributed by atoms with Crippen molar-refractivity contribution in [2.24, 2.45) is 5.73 Å². The van der Waals surface area contributed by atoms with Crippen molar-refractivity contribution < 1.29 is 52.7 Å². The molecule has 31 heteroatoms. The van der Waals surface area contributed by atoms with Crippen LogP contribution in [-0.4, -0.2) is 211 Å². The number of amides is 1. The number of alkyl carbamates (subject to hydrolysis) is 1. The maximum Gasteiger partial charge on any atom is 0.408 e. The average molecular weight is 1380 g/mol. The van der Waals surface area contributed by atoms with Crippen LogP contribution in [0, 0.1) is 30.3 Å². The molecule has 9 heterocycles. The van der Waals surface area contributed by atoms with Crippen molar-refractivity contribution in [1.82, 2.24) is 35.9 Å². The summed E-state index contributed by atoms with van der Waals surface area (Å²) in [5.41, 5.74) is 13.5. The fourth-order valence-corrected chi connectivity index (χ4v) is 12.8. The Kier molecular flexibility index (Phi) is 26.1. The molecule has 5 aliphatic heterocycles. The van der Waals surface area contributed by atoms with E-state index >= 15 is 0 Å². The predicted molar refractivity (Wildman–Crippen MR) is 375 cm³/mol. The number of rotatable bonds is 19. The number of nitrogens with one attached hydrogen (secondary N) is 3. The lowest BCUT2D eigenvalue weighted by atomic mass is 9.95. The van der Waals surface area contributed by atoms with Crippen molar-refractivity contribution >= 4 is 60.2 Å². The molecule has 7 N–H and O–H groups in total. The molecule has 0 spiro atoms. The van der Waals surface area contributed by atoms with Gasteiger partial charge in [-0.25, -0.2) is 9.78 Å². The van der Waals surface area contributed by atoms with Crippen molar-refractivity contribution in [3.63, 3.8) is 0 Å². The first-order valence-corrected chi connectivity index (χ1v) is 37.0. The van der Waals surface area contributed by atoms with E-state index in [1.165, 1.54) is 56.3 Å². The molecular weight excluding hydrogens is 1270 g/mol. The molecule has 2 aliphatic carbocycles. The van der Waals surface area contributed by atoms with Crippen molar-refractivity contribution in [2.45, 2.75) is 198 Å². The molecule has 5 unspecified atom stereocenters. The van der Waals surface area contributed by atoms with Gasteiger partial charge in [-0.15, -0.1) is 0 Å². The van der Waals surface area contributed by atoms with Crippen LogP contribution in [-0.2, 0) is 33.2 Å². The Labute approximate surface area is 571 Å². The number of nitrogen functional groups attached to an aromatic ring is 1. The number of hydrogen-bond donors (Lipinski definition) is 5. The van der Waals surface area contributed by atoms with Gasteiger partial charge in [0.25, 0.3) is 0 Å². The van der Waals surface area contributed by atoms with Crippen LogP contribution >= 0.6 is 0 Å². The summed E-state index contributed by atoms with van der Waals surface area (Å²) in [6, 6.07) is 14.6. The smallest absolute Gasteiger partial charge is 0.408 e. The number of nitro groups is 3. The molecule has 0 aromatic carbocycles. The third-order valence-corrected chi connectivity index (χ3v) is 20.3. The Bertz CT molecular complexity index is 3180. The summed E-state index contributed by atoms with van der Waals surface area (Å²) < 4.78 is 39.7. The Hall–Kier alpha value is -7.07. The van der Waals surface area contributed by atoms with Gasteiger partial charge in [0.15, 0.2) is 24.0 Å². The Morgan fingerprint density at radius 2 is 0.897 bits per heavy atom. The summed E-state index contributed by atoms with van der Waals surface area (Å²) in [5, 5.41) is 42.2. The third-order valence-electron chi connectivity index (χ3n) is 17.6. The molecule has 5 atom stereocenters. The second kappa shape index (κ2) is 32.7. The van der Waals surface area contributed by atoms with Crippen molar-refractivity contribution in [2.75, 3.05) is 117 Å². The van der Waals surface area contributed by atoms with Crippen LogP contribution in [0.4, 0.5) is 50.8 Å². The van der Waals surface area contributed by atoms with Crippen LogP contribution in [0.5, 0.6) is 0 Å². The van der Waals surface area contributed by atoms with E-state index in [1.807, 2.05) is 57.8 Å². The highest BCUT2D eigenvalue weighted by Gasteiger charge is 2.56. The number of carbonyl (C=O) groups is 1. The summed E-state index contributed by atoms with van der Waals surface area (Å²) in [6.07, 6.45) is 10.9. The number of hydrogen-bond acceptors (Lipinski definition) is 26. The van der Waals surface area contributed by atoms with E-state index < -0.39 is 45.6 Å². The monoisotopic (exact) mass is 1370 g/mol. The Balaban J connectivity index is 0.000000175. The molecule has 1 amide bonds. The normalized spacial score (nSPS) is 22.3. The molecule has 2 saturated carbocycles. The van der Waals surface area contributed by atoms with Crippen LogP contribution in [0.1, 0.15) is 109 Å².